The number of nitrogens with zero attached hydrogens (tertiary/aromatic N) is 5. The average molecular weight is 378 g/mol. The quantitative estimate of drug-likeness (QED) is 0.573. The molecule has 1 saturated carbocycles. The monoisotopic (exact) mass is 378 g/mol. The molecule has 9 heteroatoms. The van der Waals surface area contributed by atoms with Gasteiger partial charge >= 0.3 is 0 Å². The summed E-state index contributed by atoms with van der Waals surface area (Å²) in [6.07, 6.45) is 3.98. The minimum absolute atomic E-state index is 0.0125. The number of halogens is 1. The Labute approximate surface area is 158 Å². The van der Waals surface area contributed by atoms with E-state index in [1.807, 2.05) is 6.07 Å². The van der Waals surface area contributed by atoms with Crippen molar-refractivity contribution in [3.63, 3.8) is 0 Å². The summed E-state index contributed by atoms with van der Waals surface area (Å²) in [6.45, 7) is 0.111. The molecule has 1 N–H and O–H groups in total. The molecule has 0 unspecified atom stereocenters. The van der Waals surface area contributed by atoms with E-state index in [1.165, 1.54) is 18.2 Å². The van der Waals surface area contributed by atoms with Gasteiger partial charge in [0.15, 0.2) is 17.3 Å². The number of fused-ring (bicyclic) bond motifs is 1. The summed E-state index contributed by atoms with van der Waals surface area (Å²) in [4.78, 5) is 16.6. The fourth-order valence-corrected chi connectivity index (χ4v) is 2.95. The second kappa shape index (κ2) is 6.52. The molecule has 1 fully saturated rings. The third-order valence-electron chi connectivity index (χ3n) is 4.64. The van der Waals surface area contributed by atoms with Crippen LogP contribution in [0, 0.1) is 5.82 Å². The highest BCUT2D eigenvalue weighted by atomic mass is 19.1. The maximum atomic E-state index is 13.7. The van der Waals surface area contributed by atoms with Gasteiger partial charge in [-0.15, -0.1) is 10.2 Å². The number of nitrogens with one attached hydrogen (secondary N) is 1. The van der Waals surface area contributed by atoms with Crippen LogP contribution in [0.4, 0.5) is 4.39 Å². The van der Waals surface area contributed by atoms with Crippen LogP contribution < -0.4 is 5.32 Å². The number of carbonyl (C=O) groups excluding carboxylic acids is 1. The first kappa shape index (κ1) is 16.5. The first-order chi connectivity index (χ1) is 13.7. The van der Waals surface area contributed by atoms with Gasteiger partial charge in [0.2, 0.25) is 0 Å². The smallest absolute Gasteiger partial charge is 0.258 e. The Morgan fingerprint density at radius 1 is 1.25 bits per heavy atom. The van der Waals surface area contributed by atoms with Gasteiger partial charge in [-0.3, -0.25) is 9.20 Å². The van der Waals surface area contributed by atoms with Crippen molar-refractivity contribution in [3.8, 4) is 11.5 Å². The molecule has 8 nitrogen and oxygen atoms in total. The van der Waals surface area contributed by atoms with Crippen LogP contribution in [0.25, 0.3) is 17.1 Å². The van der Waals surface area contributed by atoms with Crippen LogP contribution in [0.1, 0.15) is 40.8 Å². The predicted octanol–water partition coefficient (Wildman–Crippen LogP) is 2.73. The van der Waals surface area contributed by atoms with Crippen LogP contribution in [0.3, 0.4) is 0 Å². The summed E-state index contributed by atoms with van der Waals surface area (Å²) in [7, 11) is 0. The largest absolute Gasteiger partial charge is 0.345 e. The van der Waals surface area contributed by atoms with E-state index in [0.717, 1.165) is 24.2 Å². The first-order valence-corrected chi connectivity index (χ1v) is 8.89. The lowest BCUT2D eigenvalue weighted by atomic mass is 10.2. The van der Waals surface area contributed by atoms with E-state index in [1.54, 1.807) is 22.7 Å². The van der Waals surface area contributed by atoms with Crippen molar-refractivity contribution < 1.29 is 13.7 Å². The summed E-state index contributed by atoms with van der Waals surface area (Å²) < 4.78 is 20.8. The van der Waals surface area contributed by atoms with E-state index >= 15 is 0 Å². The highest BCUT2D eigenvalue weighted by molar-refractivity contribution is 5.94. The molecule has 0 saturated heterocycles. The summed E-state index contributed by atoms with van der Waals surface area (Å²) in [6, 6.07) is 9.43. The van der Waals surface area contributed by atoms with Crippen LogP contribution in [0.5, 0.6) is 0 Å². The fourth-order valence-electron chi connectivity index (χ4n) is 2.95. The molecule has 3 heterocycles. The lowest BCUT2D eigenvalue weighted by Crippen LogP contribution is -2.24. The first-order valence-electron chi connectivity index (χ1n) is 8.89. The topological polar surface area (TPSA) is 98.2 Å². The van der Waals surface area contributed by atoms with E-state index in [9.17, 15) is 9.18 Å². The zero-order valence-electron chi connectivity index (χ0n) is 14.7. The second-order valence-electron chi connectivity index (χ2n) is 6.65. The van der Waals surface area contributed by atoms with Gasteiger partial charge in [-0.25, -0.2) is 4.39 Å². The Hall–Kier alpha value is -3.62. The molecule has 1 amide bonds. The number of benzene rings is 1. The zero-order valence-corrected chi connectivity index (χ0v) is 14.7. The molecule has 0 bridgehead atoms. The molecule has 0 atom stereocenters. The lowest BCUT2D eigenvalue weighted by Gasteiger charge is -2.05. The number of rotatable bonds is 5. The van der Waals surface area contributed by atoms with Crippen LogP contribution in [-0.2, 0) is 6.54 Å². The fraction of sp³-hybridized carbons (Fsp3) is 0.211. The molecule has 0 aliphatic heterocycles. The van der Waals surface area contributed by atoms with Gasteiger partial charge in [-0.1, -0.05) is 17.3 Å². The summed E-state index contributed by atoms with van der Waals surface area (Å²) in [5.74, 6) is 1.05. The number of carbonyl (C=O) groups is 1. The van der Waals surface area contributed by atoms with Crippen LogP contribution in [-0.4, -0.2) is 30.6 Å². The van der Waals surface area contributed by atoms with Gasteiger partial charge in [0.05, 0.1) is 12.1 Å². The molecule has 140 valence electrons. The van der Waals surface area contributed by atoms with Crippen molar-refractivity contribution in [3.05, 3.63) is 65.6 Å². The van der Waals surface area contributed by atoms with E-state index in [0.29, 0.717) is 23.3 Å². The predicted molar refractivity (Wildman–Crippen MR) is 95.8 cm³/mol. The molecule has 4 aromatic rings. The standard InChI is InChI=1S/C19H15FN6O2/c20-14-4-2-1-3-13(14)18(27)21-10-16-24-23-15-9-12(7-8-26(15)16)19-22-17(25-28-19)11-5-6-11/h1-4,7-9,11H,5-6,10H2,(H,21,27). The maximum Gasteiger partial charge on any atom is 0.258 e. The highest BCUT2D eigenvalue weighted by Crippen LogP contribution is 2.38. The van der Waals surface area contributed by atoms with Gasteiger partial charge in [0, 0.05) is 17.7 Å². The van der Waals surface area contributed by atoms with Crippen molar-refractivity contribution in [2.45, 2.75) is 25.3 Å². The third-order valence-corrected chi connectivity index (χ3v) is 4.64. The Balaban J connectivity index is 1.34. The van der Waals surface area contributed by atoms with Gasteiger partial charge in [-0.2, -0.15) is 4.98 Å². The summed E-state index contributed by atoms with van der Waals surface area (Å²) in [5, 5.41) is 14.9. The van der Waals surface area contributed by atoms with E-state index in [2.05, 4.69) is 25.7 Å². The van der Waals surface area contributed by atoms with Gasteiger partial charge in [-0.05, 0) is 37.1 Å². The molecule has 1 aromatic carbocycles. The van der Waals surface area contributed by atoms with Crippen molar-refractivity contribution in [1.82, 2.24) is 30.1 Å². The zero-order chi connectivity index (χ0) is 19.1. The number of amides is 1. The molecule has 5 rings (SSSR count). The molecule has 3 aromatic heterocycles. The third kappa shape index (κ3) is 3.00. The molecule has 1 aliphatic carbocycles. The second-order valence-corrected chi connectivity index (χ2v) is 6.65. The SMILES string of the molecule is O=C(NCc1nnc2cc(-c3nc(C4CC4)no3)ccn12)c1ccccc1F. The lowest BCUT2D eigenvalue weighted by molar-refractivity contribution is 0.0945. The van der Waals surface area contributed by atoms with E-state index in [4.69, 9.17) is 4.52 Å². The Morgan fingerprint density at radius 2 is 2.11 bits per heavy atom. The average Bonchev–Trinajstić information content (AvgIpc) is 3.30. The Kier molecular flexibility index (Phi) is 3.85. The Bertz CT molecular complexity index is 1180. The van der Waals surface area contributed by atoms with Crippen LogP contribution >= 0.6 is 0 Å². The van der Waals surface area contributed by atoms with Crippen molar-refractivity contribution in [2.75, 3.05) is 0 Å². The highest BCUT2D eigenvalue weighted by Gasteiger charge is 2.29. The number of pyridine rings is 1. The summed E-state index contributed by atoms with van der Waals surface area (Å²) >= 11 is 0. The molecule has 0 radical (unpaired) electrons. The van der Waals surface area contributed by atoms with Crippen LogP contribution in [0.15, 0.2) is 47.1 Å². The summed E-state index contributed by atoms with van der Waals surface area (Å²) in [5.41, 5.74) is 1.32. The van der Waals surface area contributed by atoms with Crippen molar-refractivity contribution in [2.24, 2.45) is 0 Å². The molecule has 1 aliphatic rings. The molecular formula is C19H15FN6O2. The minimum Gasteiger partial charge on any atom is -0.345 e. The van der Waals surface area contributed by atoms with Crippen molar-refractivity contribution in [1.29, 1.82) is 0 Å². The maximum absolute atomic E-state index is 13.7. The minimum atomic E-state index is -0.569. The molecule has 0 spiro atoms. The molecular weight excluding hydrogens is 363 g/mol. The van der Waals surface area contributed by atoms with E-state index in [-0.39, 0.29) is 12.1 Å². The van der Waals surface area contributed by atoms with E-state index < -0.39 is 11.7 Å². The van der Waals surface area contributed by atoms with Crippen molar-refractivity contribution >= 4 is 11.6 Å². The number of hydrogen-bond donors (Lipinski definition) is 1. The van der Waals surface area contributed by atoms with Gasteiger partial charge in [0.1, 0.15) is 5.82 Å². The van der Waals surface area contributed by atoms with Gasteiger partial charge < -0.3 is 9.84 Å². The number of aromatic nitrogens is 5. The van der Waals surface area contributed by atoms with Crippen LogP contribution in [0.2, 0.25) is 0 Å². The number of hydrogen-bond acceptors (Lipinski definition) is 6. The van der Waals surface area contributed by atoms with Gasteiger partial charge in [0.25, 0.3) is 11.8 Å². The normalized spacial score (nSPS) is 13.8. The molecule has 28 heavy (non-hydrogen) atoms. The Morgan fingerprint density at radius 3 is 2.93 bits per heavy atom.